The summed E-state index contributed by atoms with van der Waals surface area (Å²) >= 11 is 3.23. The highest BCUT2D eigenvalue weighted by Gasteiger charge is 2.27. The molecular formula is C16H14BrF2N3O3. The number of rotatable bonds is 6. The summed E-state index contributed by atoms with van der Waals surface area (Å²) in [5.74, 6) is -5.20. The van der Waals surface area contributed by atoms with Crippen molar-refractivity contribution in [2.45, 2.75) is 25.3 Å². The van der Waals surface area contributed by atoms with Gasteiger partial charge in [0.2, 0.25) is 0 Å². The fourth-order valence-electron chi connectivity index (χ4n) is 2.05. The Morgan fingerprint density at radius 2 is 1.92 bits per heavy atom. The van der Waals surface area contributed by atoms with Gasteiger partial charge in [0.1, 0.15) is 6.04 Å². The van der Waals surface area contributed by atoms with Gasteiger partial charge in [-0.1, -0.05) is 0 Å². The number of carbonyl (C=O) groups excluding carboxylic acids is 1. The van der Waals surface area contributed by atoms with Gasteiger partial charge < -0.3 is 10.4 Å². The minimum Gasteiger partial charge on any atom is -0.480 e. The molecular weight excluding hydrogens is 400 g/mol. The van der Waals surface area contributed by atoms with Gasteiger partial charge in [-0.3, -0.25) is 14.8 Å². The first-order valence-electron chi connectivity index (χ1n) is 7.13. The fourth-order valence-corrected chi connectivity index (χ4v) is 2.46. The van der Waals surface area contributed by atoms with Crippen LogP contribution in [0.15, 0.2) is 41.4 Å². The summed E-state index contributed by atoms with van der Waals surface area (Å²) in [4.78, 5) is 31.2. The maximum atomic E-state index is 13.3. The van der Waals surface area contributed by atoms with Crippen LogP contribution in [0.2, 0.25) is 0 Å². The van der Waals surface area contributed by atoms with Crippen molar-refractivity contribution in [3.05, 3.63) is 58.1 Å². The lowest BCUT2D eigenvalue weighted by Crippen LogP contribution is -2.42. The molecule has 6 nitrogen and oxygen atoms in total. The van der Waals surface area contributed by atoms with E-state index in [1.807, 2.05) is 0 Å². The molecule has 2 rings (SSSR count). The van der Waals surface area contributed by atoms with Gasteiger partial charge in [0.05, 0.1) is 5.56 Å². The van der Waals surface area contributed by atoms with E-state index in [1.165, 1.54) is 6.20 Å². The lowest BCUT2D eigenvalue weighted by atomic mass is 10.1. The van der Waals surface area contributed by atoms with E-state index in [4.69, 9.17) is 0 Å². The van der Waals surface area contributed by atoms with Crippen LogP contribution in [-0.4, -0.2) is 33.0 Å². The summed E-state index contributed by atoms with van der Waals surface area (Å²) in [5, 5.41) is 11.6. The number of amides is 1. The molecule has 9 heteroatoms. The number of carboxylic acids is 1. The lowest BCUT2D eigenvalue weighted by molar-refractivity contribution is -0.139. The predicted octanol–water partition coefficient (Wildman–Crippen LogP) is 2.78. The van der Waals surface area contributed by atoms with E-state index in [0.29, 0.717) is 17.0 Å². The molecule has 0 saturated heterocycles. The third-order valence-corrected chi connectivity index (χ3v) is 3.75. The van der Waals surface area contributed by atoms with Crippen LogP contribution in [0.25, 0.3) is 0 Å². The van der Waals surface area contributed by atoms with Crippen LogP contribution in [0.3, 0.4) is 0 Å². The summed E-state index contributed by atoms with van der Waals surface area (Å²) in [6.45, 7) is 0.687. The molecule has 0 aliphatic rings. The lowest BCUT2D eigenvalue weighted by Gasteiger charge is -2.16. The molecule has 1 atom stereocenters. The second-order valence-electron chi connectivity index (χ2n) is 5.43. The van der Waals surface area contributed by atoms with Gasteiger partial charge in [0.15, 0.2) is 0 Å². The van der Waals surface area contributed by atoms with E-state index in [9.17, 15) is 23.5 Å². The summed E-state index contributed by atoms with van der Waals surface area (Å²) in [6.07, 6.45) is 5.07. The van der Waals surface area contributed by atoms with E-state index < -0.39 is 29.4 Å². The number of hydrogen-bond donors (Lipinski definition) is 2. The van der Waals surface area contributed by atoms with E-state index in [-0.39, 0.29) is 12.0 Å². The van der Waals surface area contributed by atoms with E-state index in [2.05, 4.69) is 31.2 Å². The van der Waals surface area contributed by atoms with Gasteiger partial charge in [-0.15, -0.1) is 0 Å². The molecule has 0 spiro atoms. The van der Waals surface area contributed by atoms with E-state index in [0.717, 1.165) is 18.5 Å². The molecule has 0 aliphatic heterocycles. The smallest absolute Gasteiger partial charge is 0.326 e. The molecule has 1 amide bonds. The second-order valence-corrected chi connectivity index (χ2v) is 6.35. The minimum absolute atomic E-state index is 0.00936. The topological polar surface area (TPSA) is 92.2 Å². The molecule has 0 fully saturated rings. The third-order valence-electron chi connectivity index (χ3n) is 3.31. The molecule has 0 saturated carbocycles. The number of nitrogens with zero attached hydrogens (tertiary/aromatic N) is 2. The van der Waals surface area contributed by atoms with Crippen LogP contribution < -0.4 is 5.32 Å². The Hall–Kier alpha value is -2.42. The zero-order valence-electron chi connectivity index (χ0n) is 13.0. The number of halogens is 3. The summed E-state index contributed by atoms with van der Waals surface area (Å²) in [7, 11) is 0. The zero-order valence-corrected chi connectivity index (χ0v) is 14.6. The highest BCUT2D eigenvalue weighted by atomic mass is 79.9. The Bertz CT molecular complexity index is 796. The summed E-state index contributed by atoms with van der Waals surface area (Å²) in [6, 6.07) is 1.42. The van der Waals surface area contributed by atoms with Gasteiger partial charge in [-0.2, -0.15) is 0 Å². The molecule has 2 aromatic heterocycles. The second kappa shape index (κ2) is 7.64. The first-order chi connectivity index (χ1) is 11.7. The molecule has 2 heterocycles. The SMILES string of the molecule is CC(F)(F)c1cncc(C(=O)NC(Cc2cncc(Br)c2)C(=O)O)c1. The monoisotopic (exact) mass is 413 g/mol. The first kappa shape index (κ1) is 18.9. The molecule has 0 aliphatic carbocycles. The molecule has 1 unspecified atom stereocenters. The van der Waals surface area contributed by atoms with Crippen molar-refractivity contribution in [3.63, 3.8) is 0 Å². The van der Waals surface area contributed by atoms with Crippen molar-refractivity contribution in [2.75, 3.05) is 0 Å². The maximum Gasteiger partial charge on any atom is 0.326 e. The quantitative estimate of drug-likeness (QED) is 0.759. The first-order valence-corrected chi connectivity index (χ1v) is 7.92. The van der Waals surface area contributed by atoms with E-state index in [1.54, 1.807) is 12.3 Å². The Labute approximate surface area is 150 Å². The minimum atomic E-state index is -3.16. The van der Waals surface area contributed by atoms with Crippen molar-refractivity contribution in [1.29, 1.82) is 0 Å². The molecule has 2 N–H and O–H groups in total. The Balaban J connectivity index is 2.17. The number of aromatic nitrogens is 2. The van der Waals surface area contributed by atoms with Crippen LogP contribution in [0.4, 0.5) is 8.78 Å². The van der Waals surface area contributed by atoms with Gasteiger partial charge in [-0.25, -0.2) is 13.6 Å². The number of aliphatic carboxylic acids is 1. The van der Waals surface area contributed by atoms with Gasteiger partial charge in [0.25, 0.3) is 11.8 Å². The third kappa shape index (κ3) is 5.28. The Morgan fingerprint density at radius 1 is 1.24 bits per heavy atom. The van der Waals surface area contributed by atoms with Crippen molar-refractivity contribution in [1.82, 2.24) is 15.3 Å². The predicted molar refractivity (Wildman–Crippen MR) is 88.3 cm³/mol. The van der Waals surface area contributed by atoms with Crippen molar-refractivity contribution < 1.29 is 23.5 Å². The Morgan fingerprint density at radius 3 is 2.52 bits per heavy atom. The van der Waals surface area contributed by atoms with Gasteiger partial charge >= 0.3 is 5.97 Å². The number of nitrogens with one attached hydrogen (secondary N) is 1. The largest absolute Gasteiger partial charge is 0.480 e. The molecule has 0 bridgehead atoms. The standard InChI is InChI=1S/C16H14BrF2N3O3/c1-16(18,19)11-4-10(6-21-7-11)14(23)22-13(15(24)25)3-9-2-12(17)8-20-5-9/h2,4-8,13H,3H2,1H3,(H,22,23)(H,24,25). The Kier molecular flexibility index (Phi) is 5.78. The molecule has 2 aromatic rings. The average Bonchev–Trinajstić information content (AvgIpc) is 2.53. The average molecular weight is 414 g/mol. The van der Waals surface area contributed by atoms with Crippen LogP contribution in [0, 0.1) is 0 Å². The number of carbonyl (C=O) groups is 2. The highest BCUT2D eigenvalue weighted by molar-refractivity contribution is 9.10. The molecule has 0 aromatic carbocycles. The molecule has 132 valence electrons. The molecule has 25 heavy (non-hydrogen) atoms. The van der Waals surface area contributed by atoms with Crippen LogP contribution in [-0.2, 0) is 17.1 Å². The van der Waals surface area contributed by atoms with Gasteiger partial charge in [0, 0.05) is 48.2 Å². The number of hydrogen-bond acceptors (Lipinski definition) is 4. The molecule has 0 radical (unpaired) electrons. The summed E-state index contributed by atoms with van der Waals surface area (Å²) < 4.78 is 27.3. The van der Waals surface area contributed by atoms with E-state index >= 15 is 0 Å². The summed E-state index contributed by atoms with van der Waals surface area (Å²) in [5.41, 5.74) is 0.0231. The normalized spacial score (nSPS) is 12.5. The van der Waals surface area contributed by atoms with Crippen LogP contribution >= 0.6 is 15.9 Å². The van der Waals surface area contributed by atoms with Crippen molar-refractivity contribution in [3.8, 4) is 0 Å². The number of alkyl halides is 2. The highest BCUT2D eigenvalue weighted by Crippen LogP contribution is 2.26. The number of carboxylic acid groups (broad SMARTS) is 1. The maximum absolute atomic E-state index is 13.3. The zero-order chi connectivity index (χ0) is 18.6. The van der Waals surface area contributed by atoms with Crippen LogP contribution in [0.5, 0.6) is 0 Å². The van der Waals surface area contributed by atoms with Gasteiger partial charge in [-0.05, 0) is 33.6 Å². The van der Waals surface area contributed by atoms with Crippen LogP contribution in [0.1, 0.15) is 28.4 Å². The van der Waals surface area contributed by atoms with Crippen molar-refractivity contribution in [2.24, 2.45) is 0 Å². The van der Waals surface area contributed by atoms with Crippen molar-refractivity contribution >= 4 is 27.8 Å². The number of pyridine rings is 2. The fraction of sp³-hybridized carbons (Fsp3) is 0.250.